The predicted octanol–water partition coefficient (Wildman–Crippen LogP) is 4.31. The Morgan fingerprint density at radius 1 is 1.14 bits per heavy atom. The Morgan fingerprint density at radius 2 is 1.86 bits per heavy atom. The van der Waals surface area contributed by atoms with E-state index in [4.69, 9.17) is 9.84 Å². The average Bonchev–Trinajstić information content (AvgIpc) is 3.12. The van der Waals surface area contributed by atoms with Gasteiger partial charge in [0.15, 0.2) is 5.13 Å². The molecule has 2 aromatic carbocycles. The predicted molar refractivity (Wildman–Crippen MR) is 113 cm³/mol. The minimum atomic E-state index is -0.959. The zero-order chi connectivity index (χ0) is 20.6. The number of hydrogen-bond acceptors (Lipinski definition) is 5. The van der Waals surface area contributed by atoms with Crippen LogP contribution in [-0.2, 0) is 22.6 Å². The molecule has 0 aliphatic rings. The quantitative estimate of drug-likeness (QED) is 0.542. The molecule has 0 spiro atoms. The van der Waals surface area contributed by atoms with Gasteiger partial charge in [-0.3, -0.25) is 14.9 Å². The summed E-state index contributed by atoms with van der Waals surface area (Å²) >= 11 is 1.19. The van der Waals surface area contributed by atoms with Crippen molar-refractivity contribution in [3.8, 4) is 5.75 Å². The van der Waals surface area contributed by atoms with Crippen LogP contribution >= 0.6 is 11.3 Å². The highest BCUT2D eigenvalue weighted by Gasteiger charge is 2.07. The molecule has 0 unspecified atom stereocenters. The Hall–Kier alpha value is -3.45. The first kappa shape index (κ1) is 20.3. The van der Waals surface area contributed by atoms with Gasteiger partial charge >= 0.3 is 5.97 Å². The first-order valence-electron chi connectivity index (χ1n) is 8.91. The van der Waals surface area contributed by atoms with Crippen LogP contribution in [0.15, 0.2) is 60.0 Å². The molecule has 29 heavy (non-hydrogen) atoms. The molecular formula is C22H20N2O4S. The number of nitrogens with one attached hydrogen (secondary N) is 1. The number of benzene rings is 2. The topological polar surface area (TPSA) is 88.5 Å². The highest BCUT2D eigenvalue weighted by Crippen LogP contribution is 2.17. The molecule has 3 aromatic rings. The maximum Gasteiger partial charge on any atom is 0.309 e. The Balaban J connectivity index is 1.49. The molecule has 1 aromatic heterocycles. The molecule has 1 heterocycles. The van der Waals surface area contributed by atoms with Crippen molar-refractivity contribution in [3.63, 3.8) is 0 Å². The zero-order valence-corrected chi connectivity index (χ0v) is 16.6. The first-order valence-corrected chi connectivity index (χ1v) is 9.79. The fourth-order valence-corrected chi connectivity index (χ4v) is 3.16. The molecule has 1 amide bonds. The van der Waals surface area contributed by atoms with Crippen LogP contribution < -0.4 is 10.1 Å². The van der Waals surface area contributed by atoms with Crippen LogP contribution in [0, 0.1) is 6.92 Å². The second-order valence-corrected chi connectivity index (χ2v) is 7.24. The van der Waals surface area contributed by atoms with E-state index in [0.29, 0.717) is 17.4 Å². The number of aromatic nitrogens is 1. The SMILES string of the molecule is Cc1ccc(COc2ccc(/C=C/C(=O)Nc3nc(CC(=O)O)cs3)cc2)cc1. The smallest absolute Gasteiger partial charge is 0.309 e. The first-order chi connectivity index (χ1) is 14.0. The van der Waals surface area contributed by atoms with E-state index in [0.717, 1.165) is 16.9 Å². The minimum absolute atomic E-state index is 0.166. The number of nitrogens with zero attached hydrogens (tertiary/aromatic N) is 1. The minimum Gasteiger partial charge on any atom is -0.489 e. The summed E-state index contributed by atoms with van der Waals surface area (Å²) in [5, 5.41) is 13.4. The van der Waals surface area contributed by atoms with Crippen LogP contribution in [0.4, 0.5) is 5.13 Å². The average molecular weight is 408 g/mol. The Labute approximate surface area is 172 Å². The maximum atomic E-state index is 12.0. The van der Waals surface area contributed by atoms with E-state index < -0.39 is 5.97 Å². The van der Waals surface area contributed by atoms with Crippen molar-refractivity contribution in [2.24, 2.45) is 0 Å². The van der Waals surface area contributed by atoms with Crippen molar-refractivity contribution in [3.05, 3.63) is 82.4 Å². The Bertz CT molecular complexity index is 1010. The highest BCUT2D eigenvalue weighted by molar-refractivity contribution is 7.14. The van der Waals surface area contributed by atoms with Crippen LogP contribution in [0.1, 0.15) is 22.4 Å². The lowest BCUT2D eigenvalue weighted by Crippen LogP contribution is -2.08. The lowest BCUT2D eigenvalue weighted by atomic mass is 10.1. The third kappa shape index (κ3) is 6.58. The van der Waals surface area contributed by atoms with Crippen LogP contribution in [0.5, 0.6) is 5.75 Å². The zero-order valence-electron chi connectivity index (χ0n) is 15.8. The summed E-state index contributed by atoms with van der Waals surface area (Å²) in [7, 11) is 0. The number of carboxylic acids is 1. The molecular weight excluding hydrogens is 388 g/mol. The molecule has 0 saturated heterocycles. The Morgan fingerprint density at radius 3 is 2.55 bits per heavy atom. The molecule has 0 bridgehead atoms. The van der Waals surface area contributed by atoms with E-state index in [-0.39, 0.29) is 12.3 Å². The fraction of sp³-hybridized carbons (Fsp3) is 0.136. The molecule has 3 rings (SSSR count). The molecule has 0 saturated carbocycles. The number of amides is 1. The standard InChI is InChI=1S/C22H20N2O4S/c1-15-2-4-17(5-3-15)13-28-19-9-6-16(7-10-19)8-11-20(25)24-22-23-18(14-29-22)12-21(26)27/h2-11,14H,12-13H2,1H3,(H,26,27)(H,23,24,25)/b11-8+. The fourth-order valence-electron chi connectivity index (χ4n) is 2.45. The molecule has 148 valence electrons. The number of carbonyl (C=O) groups is 2. The molecule has 0 aliphatic carbocycles. The van der Waals surface area contributed by atoms with Gasteiger partial charge < -0.3 is 9.84 Å². The summed E-state index contributed by atoms with van der Waals surface area (Å²) in [6.45, 7) is 2.54. The van der Waals surface area contributed by atoms with Crippen molar-refractivity contribution >= 4 is 34.4 Å². The van der Waals surface area contributed by atoms with Gasteiger partial charge in [-0.15, -0.1) is 11.3 Å². The van der Waals surface area contributed by atoms with E-state index in [1.807, 2.05) is 43.3 Å². The monoisotopic (exact) mass is 408 g/mol. The highest BCUT2D eigenvalue weighted by atomic mass is 32.1. The molecule has 0 aliphatic heterocycles. The molecule has 0 fully saturated rings. The van der Waals surface area contributed by atoms with Gasteiger partial charge in [0, 0.05) is 11.5 Å². The Kier molecular flexibility index (Phi) is 6.76. The van der Waals surface area contributed by atoms with Crippen molar-refractivity contribution in [1.29, 1.82) is 0 Å². The molecule has 2 N–H and O–H groups in total. The van der Waals surface area contributed by atoms with E-state index in [9.17, 15) is 9.59 Å². The van der Waals surface area contributed by atoms with Gasteiger partial charge in [0.1, 0.15) is 12.4 Å². The third-order valence-electron chi connectivity index (χ3n) is 3.95. The number of hydrogen-bond donors (Lipinski definition) is 2. The largest absolute Gasteiger partial charge is 0.489 e. The normalized spacial score (nSPS) is 10.8. The van der Waals surface area contributed by atoms with Crippen LogP contribution in [0.3, 0.4) is 0 Å². The van der Waals surface area contributed by atoms with Crippen LogP contribution in [-0.4, -0.2) is 22.0 Å². The van der Waals surface area contributed by atoms with Gasteiger partial charge in [-0.05, 0) is 36.3 Å². The lowest BCUT2D eigenvalue weighted by molar-refractivity contribution is -0.136. The number of ether oxygens (including phenoxy) is 1. The van der Waals surface area contributed by atoms with Gasteiger partial charge in [-0.1, -0.05) is 42.0 Å². The molecule has 0 radical (unpaired) electrons. The van der Waals surface area contributed by atoms with Crippen LogP contribution in [0.2, 0.25) is 0 Å². The second-order valence-electron chi connectivity index (χ2n) is 6.38. The van der Waals surface area contributed by atoms with Crippen LogP contribution in [0.25, 0.3) is 6.08 Å². The summed E-state index contributed by atoms with van der Waals surface area (Å²) in [4.78, 5) is 26.7. The summed E-state index contributed by atoms with van der Waals surface area (Å²) in [5.74, 6) is -0.541. The van der Waals surface area contributed by atoms with Crippen molar-refractivity contribution in [2.45, 2.75) is 20.0 Å². The van der Waals surface area contributed by atoms with E-state index in [1.165, 1.54) is 23.0 Å². The lowest BCUT2D eigenvalue weighted by Gasteiger charge is -2.07. The van der Waals surface area contributed by atoms with Crippen molar-refractivity contribution < 1.29 is 19.4 Å². The number of carboxylic acid groups (broad SMARTS) is 1. The number of aryl methyl sites for hydroxylation is 1. The summed E-state index contributed by atoms with van der Waals surface area (Å²) in [5.41, 5.74) is 3.59. The number of anilines is 1. The second kappa shape index (κ2) is 9.66. The maximum absolute atomic E-state index is 12.0. The van der Waals surface area contributed by atoms with Crippen molar-refractivity contribution in [1.82, 2.24) is 4.98 Å². The summed E-state index contributed by atoms with van der Waals surface area (Å²) in [6.07, 6.45) is 2.92. The van der Waals surface area contributed by atoms with Crippen molar-refractivity contribution in [2.75, 3.05) is 5.32 Å². The molecule has 7 heteroatoms. The van der Waals surface area contributed by atoms with Gasteiger partial charge in [0.05, 0.1) is 12.1 Å². The van der Waals surface area contributed by atoms with Gasteiger partial charge in [0.25, 0.3) is 0 Å². The number of aliphatic carboxylic acids is 1. The molecule has 0 atom stereocenters. The van der Waals surface area contributed by atoms with E-state index in [1.54, 1.807) is 11.5 Å². The number of carbonyl (C=O) groups excluding carboxylic acids is 1. The van der Waals surface area contributed by atoms with Gasteiger partial charge in [0.2, 0.25) is 5.91 Å². The van der Waals surface area contributed by atoms with Gasteiger partial charge in [-0.2, -0.15) is 0 Å². The van der Waals surface area contributed by atoms with E-state index in [2.05, 4.69) is 22.4 Å². The summed E-state index contributed by atoms with van der Waals surface area (Å²) < 4.78 is 5.77. The summed E-state index contributed by atoms with van der Waals surface area (Å²) in [6, 6.07) is 15.6. The third-order valence-corrected chi connectivity index (χ3v) is 4.75. The van der Waals surface area contributed by atoms with Gasteiger partial charge in [-0.25, -0.2) is 4.98 Å². The molecule has 6 nitrogen and oxygen atoms in total. The van der Waals surface area contributed by atoms with E-state index >= 15 is 0 Å². The number of thiazole rings is 1. The number of rotatable bonds is 8.